The van der Waals surface area contributed by atoms with Gasteiger partial charge in [0.2, 0.25) is 0 Å². The van der Waals surface area contributed by atoms with Crippen molar-refractivity contribution in [1.82, 2.24) is 19.6 Å². The third-order valence-corrected chi connectivity index (χ3v) is 3.89. The Morgan fingerprint density at radius 3 is 2.77 bits per heavy atom. The van der Waals surface area contributed by atoms with E-state index in [1.165, 1.54) is 11.1 Å². The minimum absolute atomic E-state index is 0.384. The molecule has 0 radical (unpaired) electrons. The molecule has 0 aliphatic heterocycles. The summed E-state index contributed by atoms with van der Waals surface area (Å²) in [7, 11) is 2.08. The van der Waals surface area contributed by atoms with E-state index >= 15 is 0 Å². The minimum atomic E-state index is 0.384. The van der Waals surface area contributed by atoms with Crippen LogP contribution in [0.1, 0.15) is 36.6 Å². The number of hydrogen-bond donors (Lipinski definition) is 0. The molecular weight excluding hydrogens is 274 g/mol. The van der Waals surface area contributed by atoms with Crippen molar-refractivity contribution in [2.24, 2.45) is 0 Å². The van der Waals surface area contributed by atoms with Crippen LogP contribution in [0.4, 0.5) is 5.82 Å². The molecule has 0 saturated heterocycles. The van der Waals surface area contributed by atoms with Gasteiger partial charge in [-0.1, -0.05) is 13.8 Å². The van der Waals surface area contributed by atoms with E-state index in [0.29, 0.717) is 5.92 Å². The summed E-state index contributed by atoms with van der Waals surface area (Å²) in [6.45, 7) is 7.22. The Kier molecular flexibility index (Phi) is 3.79. The highest BCUT2D eigenvalue weighted by Crippen LogP contribution is 2.22. The highest BCUT2D eigenvalue weighted by atomic mass is 15.3. The lowest BCUT2D eigenvalue weighted by Gasteiger charge is -2.22. The molecule has 0 spiro atoms. The van der Waals surface area contributed by atoms with E-state index in [9.17, 15) is 0 Å². The van der Waals surface area contributed by atoms with Crippen molar-refractivity contribution >= 4 is 11.5 Å². The molecular formula is C17H21N5. The van der Waals surface area contributed by atoms with Crippen LogP contribution in [0.25, 0.3) is 5.65 Å². The first-order valence-electron chi connectivity index (χ1n) is 7.51. The molecule has 22 heavy (non-hydrogen) atoms. The van der Waals surface area contributed by atoms with Crippen LogP contribution in [-0.2, 0) is 6.54 Å². The minimum Gasteiger partial charge on any atom is -0.355 e. The zero-order valence-electron chi connectivity index (χ0n) is 13.5. The van der Waals surface area contributed by atoms with Crippen LogP contribution < -0.4 is 4.90 Å². The fourth-order valence-corrected chi connectivity index (χ4v) is 2.50. The fourth-order valence-electron chi connectivity index (χ4n) is 2.50. The predicted molar refractivity (Wildman–Crippen MR) is 88.2 cm³/mol. The number of anilines is 1. The molecule has 0 aliphatic carbocycles. The van der Waals surface area contributed by atoms with Crippen LogP contribution in [-0.4, -0.2) is 26.6 Å². The summed E-state index contributed by atoms with van der Waals surface area (Å²) >= 11 is 0. The summed E-state index contributed by atoms with van der Waals surface area (Å²) in [6, 6.07) is 6.14. The summed E-state index contributed by atoms with van der Waals surface area (Å²) in [5, 5.41) is 4.40. The summed E-state index contributed by atoms with van der Waals surface area (Å²) in [4.78, 5) is 11.0. The Morgan fingerprint density at radius 2 is 2.05 bits per heavy atom. The van der Waals surface area contributed by atoms with Crippen LogP contribution >= 0.6 is 0 Å². The van der Waals surface area contributed by atoms with Gasteiger partial charge in [0.05, 0.1) is 6.20 Å². The molecule has 0 amide bonds. The maximum absolute atomic E-state index is 4.67. The quantitative estimate of drug-likeness (QED) is 0.741. The van der Waals surface area contributed by atoms with E-state index in [1.54, 1.807) is 6.20 Å². The van der Waals surface area contributed by atoms with Crippen LogP contribution in [0.15, 0.2) is 36.8 Å². The van der Waals surface area contributed by atoms with Crippen LogP contribution in [0, 0.1) is 6.92 Å². The van der Waals surface area contributed by atoms with Crippen molar-refractivity contribution in [1.29, 1.82) is 0 Å². The maximum atomic E-state index is 4.67. The van der Waals surface area contributed by atoms with Gasteiger partial charge in [0, 0.05) is 43.8 Å². The van der Waals surface area contributed by atoms with Gasteiger partial charge in [0.1, 0.15) is 5.82 Å². The van der Waals surface area contributed by atoms with Gasteiger partial charge in [-0.3, -0.25) is 4.98 Å². The van der Waals surface area contributed by atoms with Gasteiger partial charge < -0.3 is 4.90 Å². The zero-order valence-corrected chi connectivity index (χ0v) is 13.5. The first kappa shape index (κ1) is 14.5. The molecule has 0 N–H and O–H groups in total. The molecule has 0 saturated carbocycles. The lowest BCUT2D eigenvalue weighted by atomic mass is 10.1. The number of pyridine rings is 1. The van der Waals surface area contributed by atoms with Crippen molar-refractivity contribution in [2.75, 3.05) is 11.9 Å². The van der Waals surface area contributed by atoms with Crippen molar-refractivity contribution in [3.63, 3.8) is 0 Å². The second-order valence-electron chi connectivity index (χ2n) is 5.95. The molecule has 0 unspecified atom stereocenters. The molecule has 0 fully saturated rings. The zero-order chi connectivity index (χ0) is 15.7. The van der Waals surface area contributed by atoms with Gasteiger partial charge in [-0.05, 0) is 30.0 Å². The van der Waals surface area contributed by atoms with E-state index < -0.39 is 0 Å². The highest BCUT2D eigenvalue weighted by Gasteiger charge is 2.13. The summed E-state index contributed by atoms with van der Waals surface area (Å²) in [5.74, 6) is 1.43. The summed E-state index contributed by atoms with van der Waals surface area (Å²) in [6.07, 6.45) is 5.53. The third-order valence-electron chi connectivity index (χ3n) is 3.89. The van der Waals surface area contributed by atoms with Crippen molar-refractivity contribution in [3.05, 3.63) is 53.6 Å². The lowest BCUT2D eigenvalue weighted by Crippen LogP contribution is -2.21. The second kappa shape index (κ2) is 5.75. The predicted octanol–water partition coefficient (Wildman–Crippen LogP) is 3.19. The number of fused-ring (bicyclic) bond motifs is 1. The van der Waals surface area contributed by atoms with Crippen molar-refractivity contribution in [3.8, 4) is 0 Å². The summed E-state index contributed by atoms with van der Waals surface area (Å²) < 4.78 is 1.89. The average Bonchev–Trinajstić information content (AvgIpc) is 2.96. The number of aryl methyl sites for hydroxylation is 1. The Hall–Kier alpha value is -2.43. The molecule has 0 atom stereocenters. The van der Waals surface area contributed by atoms with Gasteiger partial charge >= 0.3 is 0 Å². The molecule has 3 aromatic rings. The number of rotatable bonds is 4. The summed E-state index contributed by atoms with van der Waals surface area (Å²) in [5.41, 5.74) is 4.44. The normalized spacial score (nSPS) is 11.3. The molecule has 5 nitrogen and oxygen atoms in total. The van der Waals surface area contributed by atoms with Crippen molar-refractivity contribution < 1.29 is 0 Å². The number of aromatic nitrogens is 4. The molecule has 0 aliphatic rings. The van der Waals surface area contributed by atoms with Crippen LogP contribution in [0.2, 0.25) is 0 Å². The molecule has 3 aromatic heterocycles. The SMILES string of the molecule is Cc1cnccc1CN(C)c1cc(C(C)C)nc2ccnn12. The number of hydrogen-bond acceptors (Lipinski definition) is 4. The molecule has 5 heteroatoms. The Balaban J connectivity index is 2.01. The second-order valence-corrected chi connectivity index (χ2v) is 5.95. The highest BCUT2D eigenvalue weighted by molar-refractivity contribution is 5.51. The Bertz CT molecular complexity index is 791. The number of nitrogens with zero attached hydrogens (tertiary/aromatic N) is 5. The smallest absolute Gasteiger partial charge is 0.157 e. The van der Waals surface area contributed by atoms with Crippen molar-refractivity contribution in [2.45, 2.75) is 33.2 Å². The van der Waals surface area contributed by atoms with E-state index in [-0.39, 0.29) is 0 Å². The lowest BCUT2D eigenvalue weighted by molar-refractivity contribution is 0.783. The Morgan fingerprint density at radius 1 is 1.23 bits per heavy atom. The van der Waals surface area contributed by atoms with E-state index in [1.807, 2.05) is 23.0 Å². The fraction of sp³-hybridized carbons (Fsp3) is 0.353. The molecule has 0 aromatic carbocycles. The first-order chi connectivity index (χ1) is 10.6. The third kappa shape index (κ3) is 2.66. The van der Waals surface area contributed by atoms with Gasteiger partial charge in [-0.15, -0.1) is 0 Å². The molecule has 3 rings (SSSR count). The van der Waals surface area contributed by atoms with E-state index in [2.05, 4.69) is 59.9 Å². The van der Waals surface area contributed by atoms with Crippen LogP contribution in [0.3, 0.4) is 0 Å². The largest absolute Gasteiger partial charge is 0.355 e. The van der Waals surface area contributed by atoms with E-state index in [0.717, 1.165) is 23.7 Å². The topological polar surface area (TPSA) is 46.3 Å². The Labute approximate surface area is 130 Å². The standard InChI is InChI=1S/C17H21N5/c1-12(2)15-9-17(22-16(20-15)6-8-19-22)21(4)11-14-5-7-18-10-13(14)3/h5-10,12H,11H2,1-4H3. The molecule has 114 valence electrons. The maximum Gasteiger partial charge on any atom is 0.157 e. The molecule has 3 heterocycles. The molecule has 0 bridgehead atoms. The van der Waals surface area contributed by atoms with Gasteiger partial charge in [0.25, 0.3) is 0 Å². The average molecular weight is 295 g/mol. The monoisotopic (exact) mass is 295 g/mol. The van der Waals surface area contributed by atoms with Crippen LogP contribution in [0.5, 0.6) is 0 Å². The first-order valence-corrected chi connectivity index (χ1v) is 7.51. The van der Waals surface area contributed by atoms with Gasteiger partial charge in [0.15, 0.2) is 5.65 Å². The van der Waals surface area contributed by atoms with E-state index in [4.69, 9.17) is 0 Å². The van der Waals surface area contributed by atoms with Gasteiger partial charge in [-0.2, -0.15) is 9.61 Å². The van der Waals surface area contributed by atoms with Gasteiger partial charge in [-0.25, -0.2) is 4.98 Å².